The van der Waals surface area contributed by atoms with Crippen LogP contribution in [0.25, 0.3) is 10.2 Å². The molecule has 2 rings (SSSR count). The first-order valence-electron chi connectivity index (χ1n) is 4.22. The number of benzene rings is 1. The van der Waals surface area contributed by atoms with Gasteiger partial charge in [-0.05, 0) is 12.1 Å². The van der Waals surface area contributed by atoms with E-state index in [-0.39, 0.29) is 5.71 Å². The van der Waals surface area contributed by atoms with Crippen LogP contribution in [-0.2, 0) is 4.84 Å². The fraction of sp³-hybridized carbons (Fsp3) is 0.100. The van der Waals surface area contributed by atoms with Crippen LogP contribution < -0.4 is 0 Å². The number of hydrogen-bond donors (Lipinski definition) is 0. The minimum absolute atomic E-state index is 0.207. The van der Waals surface area contributed by atoms with Crippen molar-refractivity contribution >= 4 is 27.3 Å². The second kappa shape index (κ2) is 4.07. The number of rotatable bonds is 2. The fourth-order valence-corrected chi connectivity index (χ4v) is 2.07. The molecule has 0 atom stereocenters. The normalized spacial score (nSPS) is 11.3. The van der Waals surface area contributed by atoms with Gasteiger partial charge in [0.05, 0.1) is 10.2 Å². The number of aromatic nitrogens is 1. The molecule has 2 aromatic rings. The summed E-state index contributed by atoms with van der Waals surface area (Å²) in [5, 5.41) is 13.0. The Bertz CT molecular complexity index is 520. The van der Waals surface area contributed by atoms with E-state index in [4.69, 9.17) is 5.26 Å². The summed E-state index contributed by atoms with van der Waals surface area (Å²) in [6.45, 7) is 0. The number of nitriles is 1. The van der Waals surface area contributed by atoms with Crippen LogP contribution in [0.2, 0.25) is 0 Å². The van der Waals surface area contributed by atoms with Crippen LogP contribution in [0.3, 0.4) is 0 Å². The van der Waals surface area contributed by atoms with E-state index in [1.165, 1.54) is 18.4 Å². The Morgan fingerprint density at radius 3 is 3.00 bits per heavy atom. The zero-order valence-electron chi connectivity index (χ0n) is 7.97. The van der Waals surface area contributed by atoms with E-state index >= 15 is 0 Å². The van der Waals surface area contributed by atoms with E-state index in [1.807, 2.05) is 30.3 Å². The minimum atomic E-state index is 0.207. The number of hydrogen-bond acceptors (Lipinski definition) is 5. The summed E-state index contributed by atoms with van der Waals surface area (Å²) in [6.07, 6.45) is 0. The van der Waals surface area contributed by atoms with Crippen molar-refractivity contribution in [1.82, 2.24) is 4.98 Å². The molecule has 1 aromatic carbocycles. The minimum Gasteiger partial charge on any atom is -0.398 e. The highest BCUT2D eigenvalue weighted by Crippen LogP contribution is 2.21. The molecule has 1 aromatic heterocycles. The highest BCUT2D eigenvalue weighted by molar-refractivity contribution is 7.20. The first kappa shape index (κ1) is 9.62. The summed E-state index contributed by atoms with van der Waals surface area (Å²) < 4.78 is 1.03. The van der Waals surface area contributed by atoms with Gasteiger partial charge in [-0.15, -0.1) is 11.3 Å². The average molecular weight is 217 g/mol. The molecule has 74 valence electrons. The van der Waals surface area contributed by atoms with Gasteiger partial charge in [0.15, 0.2) is 5.01 Å². The summed E-state index contributed by atoms with van der Waals surface area (Å²) in [5.41, 5.74) is 1.08. The van der Waals surface area contributed by atoms with Gasteiger partial charge in [-0.25, -0.2) is 4.98 Å². The lowest BCUT2D eigenvalue weighted by Crippen LogP contribution is -1.96. The van der Waals surface area contributed by atoms with Crippen molar-refractivity contribution in [3.8, 4) is 6.07 Å². The van der Waals surface area contributed by atoms with Crippen molar-refractivity contribution in [3.05, 3.63) is 29.3 Å². The van der Waals surface area contributed by atoms with E-state index in [9.17, 15) is 0 Å². The van der Waals surface area contributed by atoms with Gasteiger partial charge in [0.25, 0.3) is 0 Å². The second-order valence-corrected chi connectivity index (χ2v) is 3.75. The van der Waals surface area contributed by atoms with Gasteiger partial charge in [0, 0.05) is 0 Å². The lowest BCUT2D eigenvalue weighted by Gasteiger charge is -1.88. The summed E-state index contributed by atoms with van der Waals surface area (Å²) >= 11 is 1.43. The van der Waals surface area contributed by atoms with Crippen molar-refractivity contribution in [1.29, 1.82) is 5.26 Å². The van der Waals surface area contributed by atoms with E-state index in [2.05, 4.69) is 15.0 Å². The lowest BCUT2D eigenvalue weighted by atomic mass is 10.3. The zero-order valence-corrected chi connectivity index (χ0v) is 8.78. The molecule has 0 aliphatic rings. The van der Waals surface area contributed by atoms with Crippen molar-refractivity contribution in [2.75, 3.05) is 7.11 Å². The lowest BCUT2D eigenvalue weighted by molar-refractivity contribution is 0.214. The topological polar surface area (TPSA) is 58.3 Å². The molecular formula is C10H7N3OS. The standard InChI is InChI=1S/C10H7N3OS/c1-14-13-8(6-11)10-12-7-4-2-3-5-9(7)15-10/h2-5H,1H3/b13-8+. The van der Waals surface area contributed by atoms with Crippen molar-refractivity contribution in [3.63, 3.8) is 0 Å². The Morgan fingerprint density at radius 1 is 1.53 bits per heavy atom. The maximum absolute atomic E-state index is 8.84. The molecule has 0 fully saturated rings. The maximum atomic E-state index is 8.84. The molecule has 0 spiro atoms. The molecule has 4 nitrogen and oxygen atoms in total. The van der Waals surface area contributed by atoms with Crippen LogP contribution in [-0.4, -0.2) is 17.8 Å². The van der Waals surface area contributed by atoms with Gasteiger partial charge in [-0.2, -0.15) is 5.26 Å². The van der Waals surface area contributed by atoms with Crippen molar-refractivity contribution in [2.45, 2.75) is 0 Å². The van der Waals surface area contributed by atoms with Gasteiger partial charge in [0.1, 0.15) is 13.2 Å². The quantitative estimate of drug-likeness (QED) is 0.572. The monoisotopic (exact) mass is 217 g/mol. The van der Waals surface area contributed by atoms with Gasteiger partial charge >= 0.3 is 0 Å². The molecule has 0 amide bonds. The Hall–Kier alpha value is -1.93. The van der Waals surface area contributed by atoms with Crippen LogP contribution in [0, 0.1) is 11.3 Å². The summed E-state index contributed by atoms with van der Waals surface area (Å²) in [6, 6.07) is 9.65. The van der Waals surface area contributed by atoms with Crippen LogP contribution >= 0.6 is 11.3 Å². The highest BCUT2D eigenvalue weighted by atomic mass is 32.1. The number of nitrogens with zero attached hydrogens (tertiary/aromatic N) is 3. The Labute approximate surface area is 90.4 Å². The van der Waals surface area contributed by atoms with E-state index in [1.54, 1.807) is 0 Å². The van der Waals surface area contributed by atoms with Gasteiger partial charge in [-0.3, -0.25) is 0 Å². The van der Waals surface area contributed by atoms with Crippen LogP contribution in [0.1, 0.15) is 5.01 Å². The molecule has 1 heterocycles. The Morgan fingerprint density at radius 2 is 2.33 bits per heavy atom. The summed E-state index contributed by atoms with van der Waals surface area (Å²) in [4.78, 5) is 8.87. The Balaban J connectivity index is 2.54. The molecule has 0 radical (unpaired) electrons. The maximum Gasteiger partial charge on any atom is 0.215 e. The summed E-state index contributed by atoms with van der Waals surface area (Å²) in [5.74, 6) is 0. The van der Waals surface area contributed by atoms with Gasteiger partial charge in [0.2, 0.25) is 5.71 Å². The predicted molar refractivity (Wildman–Crippen MR) is 58.8 cm³/mol. The molecule has 15 heavy (non-hydrogen) atoms. The van der Waals surface area contributed by atoms with E-state index in [0.717, 1.165) is 10.2 Å². The number of fused-ring (bicyclic) bond motifs is 1. The van der Waals surface area contributed by atoms with Crippen LogP contribution in [0.5, 0.6) is 0 Å². The number of oxime groups is 1. The third-order valence-corrected chi connectivity index (χ3v) is 2.83. The second-order valence-electron chi connectivity index (χ2n) is 2.72. The number of thiazole rings is 1. The first-order valence-corrected chi connectivity index (χ1v) is 5.04. The Kier molecular flexibility index (Phi) is 2.61. The predicted octanol–water partition coefficient (Wildman–Crippen LogP) is 2.17. The molecule has 0 saturated heterocycles. The molecule has 0 bridgehead atoms. The SMILES string of the molecule is CO/N=C(\C#N)c1nc2ccccc2s1. The molecule has 0 aliphatic carbocycles. The number of para-hydroxylation sites is 1. The van der Waals surface area contributed by atoms with E-state index in [0.29, 0.717) is 5.01 Å². The third-order valence-electron chi connectivity index (χ3n) is 1.78. The third kappa shape index (κ3) is 1.80. The van der Waals surface area contributed by atoms with Crippen molar-refractivity contribution in [2.24, 2.45) is 5.16 Å². The molecule has 5 heteroatoms. The van der Waals surface area contributed by atoms with E-state index < -0.39 is 0 Å². The molecule has 0 saturated carbocycles. The fourth-order valence-electron chi connectivity index (χ4n) is 1.17. The summed E-state index contributed by atoms with van der Waals surface area (Å²) in [7, 11) is 1.41. The van der Waals surface area contributed by atoms with Gasteiger partial charge < -0.3 is 4.84 Å². The van der Waals surface area contributed by atoms with Gasteiger partial charge in [-0.1, -0.05) is 17.3 Å². The van der Waals surface area contributed by atoms with Crippen LogP contribution in [0.15, 0.2) is 29.4 Å². The highest BCUT2D eigenvalue weighted by Gasteiger charge is 2.09. The average Bonchev–Trinajstić information content (AvgIpc) is 2.69. The molecule has 0 N–H and O–H groups in total. The van der Waals surface area contributed by atoms with Crippen molar-refractivity contribution < 1.29 is 4.84 Å². The molecule has 0 unspecified atom stereocenters. The molecule has 0 aliphatic heterocycles. The first-order chi connectivity index (χ1) is 7.35. The molecular weight excluding hydrogens is 210 g/mol. The smallest absolute Gasteiger partial charge is 0.215 e. The largest absolute Gasteiger partial charge is 0.398 e. The van der Waals surface area contributed by atoms with Crippen LogP contribution in [0.4, 0.5) is 0 Å². The zero-order chi connectivity index (χ0) is 10.7.